The number of hydrogen-bond donors (Lipinski definition) is 2. The van der Waals surface area contributed by atoms with Gasteiger partial charge in [-0.05, 0) is 32.4 Å². The van der Waals surface area contributed by atoms with Crippen molar-refractivity contribution in [3.8, 4) is 0 Å². The molecule has 2 rings (SSSR count). The van der Waals surface area contributed by atoms with Gasteiger partial charge in [-0.15, -0.1) is 0 Å². The zero-order chi connectivity index (χ0) is 14.5. The molecule has 20 heavy (non-hydrogen) atoms. The van der Waals surface area contributed by atoms with Crippen LogP contribution in [0, 0.1) is 12.7 Å². The van der Waals surface area contributed by atoms with Crippen molar-refractivity contribution in [2.45, 2.75) is 33.2 Å². The van der Waals surface area contributed by atoms with Crippen LogP contribution in [0.1, 0.15) is 26.0 Å². The summed E-state index contributed by atoms with van der Waals surface area (Å²) in [6.45, 7) is 6.04. The summed E-state index contributed by atoms with van der Waals surface area (Å²) in [5, 5.41) is 6.20. The summed E-state index contributed by atoms with van der Waals surface area (Å²) in [5.74, 6) is 0.826. The minimum absolute atomic E-state index is 0.290. The molecule has 0 aliphatic heterocycles. The molecule has 0 aliphatic rings. The first-order valence-corrected chi connectivity index (χ1v) is 6.72. The summed E-state index contributed by atoms with van der Waals surface area (Å²) in [6.07, 6.45) is 0.980. The Balaban J connectivity index is 2.22. The molecule has 0 saturated carbocycles. The van der Waals surface area contributed by atoms with Crippen molar-refractivity contribution in [1.29, 1.82) is 0 Å². The maximum atomic E-state index is 13.6. The molecule has 0 aliphatic carbocycles. The third-order valence-corrected chi connectivity index (χ3v) is 2.98. The van der Waals surface area contributed by atoms with E-state index in [2.05, 4.69) is 34.4 Å². The lowest BCUT2D eigenvalue weighted by Gasteiger charge is -2.13. The number of anilines is 3. The Kier molecular flexibility index (Phi) is 4.50. The number of nitrogens with zero attached hydrogens (tertiary/aromatic N) is 2. The van der Waals surface area contributed by atoms with Crippen molar-refractivity contribution in [1.82, 2.24) is 9.97 Å². The maximum absolute atomic E-state index is 13.6. The molecule has 0 bridgehead atoms. The Morgan fingerprint density at radius 3 is 2.70 bits per heavy atom. The number of nitrogens with one attached hydrogen (secondary N) is 2. The standard InChI is InChI=1S/C15H19FN4/c1-4-10(2)17-15-18-11(3)9-14(20-15)19-13-8-6-5-7-12(13)16/h5-10H,4H2,1-3H3,(H2,17,18,19,20). The van der Waals surface area contributed by atoms with Crippen molar-refractivity contribution in [2.24, 2.45) is 0 Å². The molecule has 5 heteroatoms. The molecule has 0 fully saturated rings. The number of hydrogen-bond acceptors (Lipinski definition) is 4. The second-order valence-electron chi connectivity index (χ2n) is 4.78. The maximum Gasteiger partial charge on any atom is 0.225 e. The Labute approximate surface area is 118 Å². The lowest BCUT2D eigenvalue weighted by atomic mass is 10.3. The largest absolute Gasteiger partial charge is 0.352 e. The summed E-state index contributed by atoms with van der Waals surface area (Å²) in [5.41, 5.74) is 1.23. The van der Waals surface area contributed by atoms with Gasteiger partial charge in [-0.1, -0.05) is 19.1 Å². The van der Waals surface area contributed by atoms with E-state index in [9.17, 15) is 4.39 Å². The van der Waals surface area contributed by atoms with Gasteiger partial charge in [-0.2, -0.15) is 4.98 Å². The normalized spacial score (nSPS) is 12.0. The van der Waals surface area contributed by atoms with Crippen LogP contribution in [-0.4, -0.2) is 16.0 Å². The fourth-order valence-corrected chi connectivity index (χ4v) is 1.72. The number of aryl methyl sites for hydroxylation is 1. The molecule has 1 atom stereocenters. The van der Waals surface area contributed by atoms with E-state index in [1.807, 2.05) is 6.92 Å². The predicted octanol–water partition coefficient (Wildman–Crippen LogP) is 3.88. The van der Waals surface area contributed by atoms with Gasteiger partial charge in [0.1, 0.15) is 11.6 Å². The molecule has 4 nitrogen and oxygen atoms in total. The van der Waals surface area contributed by atoms with Crippen LogP contribution in [-0.2, 0) is 0 Å². The van der Waals surface area contributed by atoms with Crippen molar-refractivity contribution in [3.05, 3.63) is 41.8 Å². The van der Waals surface area contributed by atoms with Crippen LogP contribution in [0.4, 0.5) is 21.8 Å². The van der Waals surface area contributed by atoms with Gasteiger partial charge in [-0.25, -0.2) is 9.37 Å². The monoisotopic (exact) mass is 274 g/mol. The summed E-state index contributed by atoms with van der Waals surface area (Å²) < 4.78 is 13.6. The highest BCUT2D eigenvalue weighted by Crippen LogP contribution is 2.19. The summed E-state index contributed by atoms with van der Waals surface area (Å²) >= 11 is 0. The number of rotatable bonds is 5. The SMILES string of the molecule is CCC(C)Nc1nc(C)cc(Nc2ccccc2F)n1. The Morgan fingerprint density at radius 1 is 1.25 bits per heavy atom. The molecule has 1 aromatic carbocycles. The van der Waals surface area contributed by atoms with Gasteiger partial charge >= 0.3 is 0 Å². The van der Waals surface area contributed by atoms with Crippen LogP contribution in [0.2, 0.25) is 0 Å². The lowest BCUT2D eigenvalue weighted by molar-refractivity contribution is 0.632. The van der Waals surface area contributed by atoms with Crippen molar-refractivity contribution < 1.29 is 4.39 Å². The van der Waals surface area contributed by atoms with E-state index < -0.39 is 0 Å². The van der Waals surface area contributed by atoms with Crippen molar-refractivity contribution >= 4 is 17.5 Å². The molecule has 0 spiro atoms. The first-order valence-electron chi connectivity index (χ1n) is 6.72. The minimum Gasteiger partial charge on any atom is -0.352 e. The van der Waals surface area contributed by atoms with Gasteiger partial charge in [0, 0.05) is 17.8 Å². The number of aromatic nitrogens is 2. The van der Waals surface area contributed by atoms with E-state index in [0.29, 0.717) is 17.5 Å². The summed E-state index contributed by atoms with van der Waals surface area (Å²) in [6, 6.07) is 8.59. The van der Waals surface area contributed by atoms with Gasteiger partial charge < -0.3 is 10.6 Å². The molecule has 2 N–H and O–H groups in total. The highest BCUT2D eigenvalue weighted by molar-refractivity contribution is 5.58. The van der Waals surface area contributed by atoms with Crippen LogP contribution >= 0.6 is 0 Å². The highest BCUT2D eigenvalue weighted by atomic mass is 19.1. The molecular weight excluding hydrogens is 255 g/mol. The molecule has 106 valence electrons. The van der Waals surface area contributed by atoms with Crippen LogP contribution < -0.4 is 10.6 Å². The van der Waals surface area contributed by atoms with Gasteiger partial charge in [-0.3, -0.25) is 0 Å². The van der Waals surface area contributed by atoms with E-state index >= 15 is 0 Å². The molecule has 2 aromatic rings. The van der Waals surface area contributed by atoms with E-state index in [1.54, 1.807) is 24.3 Å². The zero-order valence-electron chi connectivity index (χ0n) is 11.9. The first-order chi connectivity index (χ1) is 9.58. The molecule has 1 aromatic heterocycles. The molecule has 1 unspecified atom stereocenters. The topological polar surface area (TPSA) is 49.8 Å². The Hall–Kier alpha value is -2.17. The third kappa shape index (κ3) is 3.66. The number of halogens is 1. The van der Waals surface area contributed by atoms with Gasteiger partial charge in [0.2, 0.25) is 5.95 Å². The average molecular weight is 274 g/mol. The quantitative estimate of drug-likeness (QED) is 0.868. The van der Waals surface area contributed by atoms with Crippen LogP contribution in [0.3, 0.4) is 0 Å². The molecule has 0 radical (unpaired) electrons. The lowest BCUT2D eigenvalue weighted by Crippen LogP contribution is -2.16. The van der Waals surface area contributed by atoms with E-state index in [-0.39, 0.29) is 11.9 Å². The van der Waals surface area contributed by atoms with Gasteiger partial charge in [0.25, 0.3) is 0 Å². The molecule has 0 amide bonds. The van der Waals surface area contributed by atoms with E-state index in [0.717, 1.165) is 12.1 Å². The van der Waals surface area contributed by atoms with E-state index in [1.165, 1.54) is 6.07 Å². The smallest absolute Gasteiger partial charge is 0.225 e. The van der Waals surface area contributed by atoms with Gasteiger partial charge in [0.15, 0.2) is 0 Å². The molecular formula is C15H19FN4. The predicted molar refractivity (Wildman–Crippen MR) is 79.8 cm³/mol. The Morgan fingerprint density at radius 2 is 2.00 bits per heavy atom. The molecule has 0 saturated heterocycles. The van der Waals surface area contributed by atoms with Crippen LogP contribution in [0.5, 0.6) is 0 Å². The summed E-state index contributed by atoms with van der Waals surface area (Å²) in [4.78, 5) is 8.69. The highest BCUT2D eigenvalue weighted by Gasteiger charge is 2.07. The molecule has 1 heterocycles. The van der Waals surface area contributed by atoms with Crippen molar-refractivity contribution in [3.63, 3.8) is 0 Å². The third-order valence-electron chi connectivity index (χ3n) is 2.98. The minimum atomic E-state index is -0.305. The fourth-order valence-electron chi connectivity index (χ4n) is 1.72. The van der Waals surface area contributed by atoms with Crippen LogP contribution in [0.25, 0.3) is 0 Å². The van der Waals surface area contributed by atoms with Crippen LogP contribution in [0.15, 0.2) is 30.3 Å². The number of benzene rings is 1. The van der Waals surface area contributed by atoms with Crippen molar-refractivity contribution in [2.75, 3.05) is 10.6 Å². The second-order valence-corrected chi connectivity index (χ2v) is 4.78. The zero-order valence-corrected chi connectivity index (χ0v) is 11.9. The first kappa shape index (κ1) is 14.2. The van der Waals surface area contributed by atoms with E-state index in [4.69, 9.17) is 0 Å². The number of para-hydroxylation sites is 1. The Bertz CT molecular complexity index is 586. The summed E-state index contributed by atoms with van der Waals surface area (Å²) in [7, 11) is 0. The average Bonchev–Trinajstić information content (AvgIpc) is 2.40. The fraction of sp³-hybridized carbons (Fsp3) is 0.333. The van der Waals surface area contributed by atoms with Gasteiger partial charge in [0.05, 0.1) is 5.69 Å². The second kappa shape index (κ2) is 6.32.